The Hall–Kier alpha value is -3.98. The third-order valence-corrected chi connectivity index (χ3v) is 10.7. The molecule has 2 aliphatic heterocycles. The van der Waals surface area contributed by atoms with Gasteiger partial charge in [-0.3, -0.25) is 24.5 Å². The quantitative estimate of drug-likeness (QED) is 0.204. The van der Waals surface area contributed by atoms with E-state index < -0.39 is 12.3 Å². The molecule has 3 aromatic rings. The van der Waals surface area contributed by atoms with E-state index in [9.17, 15) is 18.4 Å². The van der Waals surface area contributed by atoms with Crippen LogP contribution >= 0.6 is 23.1 Å². The number of aliphatic imine (C=N–C) groups is 1. The number of carbonyl (C=O) groups is 2. The van der Waals surface area contributed by atoms with Gasteiger partial charge in [-0.2, -0.15) is 0 Å². The van der Waals surface area contributed by atoms with E-state index >= 15 is 0 Å². The highest BCUT2D eigenvalue weighted by Crippen LogP contribution is 2.36. The molecule has 254 valence electrons. The molecule has 2 amide bonds. The Kier molecular flexibility index (Phi) is 10.9. The number of carbonyl (C=O) groups excluding carboxylic acids is 2. The highest BCUT2D eigenvalue weighted by molar-refractivity contribution is 8.17. The van der Waals surface area contributed by atoms with Crippen LogP contribution in [-0.4, -0.2) is 82.6 Å². The Labute approximate surface area is 286 Å². The fourth-order valence-corrected chi connectivity index (χ4v) is 8.04. The Balaban J connectivity index is 0.947. The number of anilines is 3. The maximum atomic E-state index is 13.3. The maximum Gasteiger partial charge on any atom is 0.232 e. The molecule has 1 saturated carbocycles. The van der Waals surface area contributed by atoms with Crippen LogP contribution in [0.4, 0.5) is 25.3 Å². The van der Waals surface area contributed by atoms with Crippen LogP contribution in [0.1, 0.15) is 42.1 Å². The van der Waals surface area contributed by atoms with Crippen molar-refractivity contribution in [3.63, 3.8) is 0 Å². The average Bonchev–Trinajstić information content (AvgIpc) is 3.46. The molecule has 2 unspecified atom stereocenters. The lowest BCUT2D eigenvalue weighted by molar-refractivity contribution is -0.119. The first-order valence-corrected chi connectivity index (χ1v) is 17.8. The second-order valence-corrected chi connectivity index (χ2v) is 14.7. The van der Waals surface area contributed by atoms with Gasteiger partial charge in [0.2, 0.25) is 16.9 Å². The number of hydrogen-bond acceptors (Lipinski definition) is 11. The van der Waals surface area contributed by atoms with Gasteiger partial charge in [0.1, 0.15) is 17.4 Å². The molecule has 5 heterocycles. The van der Waals surface area contributed by atoms with E-state index in [2.05, 4.69) is 42.4 Å². The van der Waals surface area contributed by atoms with Crippen LogP contribution in [0.2, 0.25) is 0 Å². The smallest absolute Gasteiger partial charge is 0.232 e. The Bertz CT molecular complexity index is 1660. The highest BCUT2D eigenvalue weighted by Gasteiger charge is 2.29. The van der Waals surface area contributed by atoms with Crippen LogP contribution in [0.25, 0.3) is 0 Å². The SMILES string of the molecule is C=C(NC(=O)Cc1cc(N2CC(F)C2)ccn1)SC(=NC)C1CCCC(Cc2nnc(NC(=O)Cc3cc(N4CC(F)C4)ccn3)s2)C1. The van der Waals surface area contributed by atoms with Crippen LogP contribution in [0.5, 0.6) is 0 Å². The van der Waals surface area contributed by atoms with Crippen LogP contribution < -0.4 is 20.4 Å². The number of aromatic nitrogens is 4. The van der Waals surface area contributed by atoms with E-state index in [1.54, 1.807) is 19.4 Å². The predicted octanol–water partition coefficient (Wildman–Crippen LogP) is 4.77. The number of amides is 2. The van der Waals surface area contributed by atoms with Crippen LogP contribution in [-0.2, 0) is 28.9 Å². The summed E-state index contributed by atoms with van der Waals surface area (Å²) < 4.78 is 26.5. The molecule has 2 N–H and O–H groups in total. The summed E-state index contributed by atoms with van der Waals surface area (Å²) in [6.45, 7) is 5.52. The summed E-state index contributed by atoms with van der Waals surface area (Å²) in [5.41, 5.74) is 2.97. The van der Waals surface area contributed by atoms with Crippen molar-refractivity contribution in [2.45, 2.75) is 57.3 Å². The van der Waals surface area contributed by atoms with Crippen molar-refractivity contribution in [1.82, 2.24) is 25.5 Å². The molecule has 15 heteroatoms. The fraction of sp³-hybridized carbons (Fsp3) is 0.485. The Morgan fingerprint density at radius 3 is 2.21 bits per heavy atom. The predicted molar refractivity (Wildman–Crippen MR) is 186 cm³/mol. The van der Waals surface area contributed by atoms with Gasteiger partial charge in [0.15, 0.2) is 0 Å². The summed E-state index contributed by atoms with van der Waals surface area (Å²) in [6, 6.07) is 7.30. The molecule has 0 spiro atoms. The number of thioether (sulfide) groups is 1. The summed E-state index contributed by atoms with van der Waals surface area (Å²) in [5.74, 6) is 0.181. The molecule has 0 radical (unpaired) electrons. The number of halogens is 2. The summed E-state index contributed by atoms with van der Waals surface area (Å²) in [7, 11) is 1.77. The monoisotopic (exact) mass is 695 g/mol. The number of nitrogens with one attached hydrogen (secondary N) is 2. The topological polar surface area (TPSA) is 129 Å². The summed E-state index contributed by atoms with van der Waals surface area (Å²) in [6.07, 6.45) is 6.66. The van der Waals surface area contributed by atoms with Gasteiger partial charge in [-0.25, -0.2) is 8.78 Å². The molecule has 1 aliphatic carbocycles. The van der Waals surface area contributed by atoms with Crippen molar-refractivity contribution >= 4 is 56.5 Å². The van der Waals surface area contributed by atoms with E-state index in [1.807, 2.05) is 34.1 Å². The van der Waals surface area contributed by atoms with E-state index in [4.69, 9.17) is 0 Å². The largest absolute Gasteiger partial charge is 0.365 e. The molecule has 3 aromatic heterocycles. The fourth-order valence-electron chi connectivity index (χ4n) is 6.28. The molecule has 0 bridgehead atoms. The number of nitrogens with zero attached hydrogens (tertiary/aromatic N) is 7. The molecule has 11 nitrogen and oxygen atoms in total. The third-order valence-electron chi connectivity index (χ3n) is 8.72. The highest BCUT2D eigenvalue weighted by atomic mass is 32.2. The van der Waals surface area contributed by atoms with Gasteiger partial charge in [-0.1, -0.05) is 36.1 Å². The van der Waals surface area contributed by atoms with E-state index in [0.29, 0.717) is 53.6 Å². The van der Waals surface area contributed by atoms with Gasteiger partial charge in [0.05, 0.1) is 60.5 Å². The second kappa shape index (κ2) is 15.5. The lowest BCUT2D eigenvalue weighted by Crippen LogP contribution is -2.48. The first-order valence-electron chi connectivity index (χ1n) is 16.1. The van der Waals surface area contributed by atoms with Gasteiger partial charge in [0, 0.05) is 43.2 Å². The zero-order valence-electron chi connectivity index (χ0n) is 26.8. The molecular weight excluding hydrogens is 657 g/mol. The number of alkyl halides is 2. The molecule has 3 fully saturated rings. The number of pyridine rings is 2. The first kappa shape index (κ1) is 33.9. The van der Waals surface area contributed by atoms with Crippen molar-refractivity contribution in [3.05, 3.63) is 64.7 Å². The second-order valence-electron chi connectivity index (χ2n) is 12.5. The van der Waals surface area contributed by atoms with Gasteiger partial charge in [0.25, 0.3) is 0 Å². The molecule has 48 heavy (non-hydrogen) atoms. The molecule has 0 aromatic carbocycles. The summed E-state index contributed by atoms with van der Waals surface area (Å²) >= 11 is 2.77. The Morgan fingerprint density at radius 1 is 0.979 bits per heavy atom. The van der Waals surface area contributed by atoms with Crippen molar-refractivity contribution < 1.29 is 18.4 Å². The maximum absolute atomic E-state index is 13.3. The van der Waals surface area contributed by atoms with Gasteiger partial charge >= 0.3 is 0 Å². The van der Waals surface area contributed by atoms with E-state index in [0.717, 1.165) is 53.5 Å². The van der Waals surface area contributed by atoms with Crippen LogP contribution in [0, 0.1) is 11.8 Å². The zero-order valence-corrected chi connectivity index (χ0v) is 28.4. The van der Waals surface area contributed by atoms with Crippen molar-refractivity contribution in [3.8, 4) is 0 Å². The van der Waals surface area contributed by atoms with Crippen molar-refractivity contribution in [2.24, 2.45) is 16.8 Å². The molecule has 2 saturated heterocycles. The van der Waals surface area contributed by atoms with Crippen molar-refractivity contribution in [1.29, 1.82) is 0 Å². The number of hydrogen-bond donors (Lipinski definition) is 2. The van der Waals surface area contributed by atoms with Gasteiger partial charge < -0.3 is 20.4 Å². The molecule has 3 aliphatic rings. The molecular formula is C33H39F2N9O2S2. The molecule has 6 rings (SSSR count). The lowest BCUT2D eigenvalue weighted by atomic mass is 9.80. The third kappa shape index (κ3) is 8.92. The summed E-state index contributed by atoms with van der Waals surface area (Å²) in [4.78, 5) is 42.5. The molecule has 2 atom stereocenters. The number of rotatable bonds is 12. The van der Waals surface area contributed by atoms with Crippen LogP contribution in [0.15, 0.2) is 53.3 Å². The standard InChI is InChI=1S/C33H39F2N9O2S2/c1-20(39-29(45)14-25-12-27(6-8-37-25)43-16-23(34)17-43)47-32(36-2)22-5-3-4-21(10-22)11-31-41-42-33(48-31)40-30(46)15-26-13-28(7-9-38-26)44-18-24(35)19-44/h6-9,12-13,21-24H,1,3-5,10-11,14-19H2,2H3,(H,39,45)(H,40,42,46). The Morgan fingerprint density at radius 2 is 1.60 bits per heavy atom. The van der Waals surface area contributed by atoms with E-state index in [-0.39, 0.29) is 30.6 Å². The normalized spacial score (nSPS) is 20.2. The van der Waals surface area contributed by atoms with Gasteiger partial charge in [-0.15, -0.1) is 10.2 Å². The minimum absolute atomic E-state index is 0.0905. The first-order chi connectivity index (χ1) is 23.2. The minimum atomic E-state index is -0.806. The summed E-state index contributed by atoms with van der Waals surface area (Å²) in [5, 5.41) is 17.0. The van der Waals surface area contributed by atoms with Crippen molar-refractivity contribution in [2.75, 3.05) is 48.3 Å². The zero-order chi connectivity index (χ0) is 33.6. The van der Waals surface area contributed by atoms with Crippen LogP contribution in [0.3, 0.4) is 0 Å². The average molecular weight is 696 g/mol. The minimum Gasteiger partial charge on any atom is -0.365 e. The lowest BCUT2D eigenvalue weighted by Gasteiger charge is -2.36. The van der Waals surface area contributed by atoms with E-state index in [1.165, 1.54) is 23.1 Å². The van der Waals surface area contributed by atoms with Gasteiger partial charge in [-0.05, 0) is 49.4 Å².